The third-order valence-corrected chi connectivity index (χ3v) is 9.98. The van der Waals surface area contributed by atoms with E-state index in [2.05, 4.69) is 30.2 Å². The molecule has 3 N–H and O–H groups in total. The Labute approximate surface area is 315 Å². The molecule has 0 spiro atoms. The van der Waals surface area contributed by atoms with Crippen LogP contribution in [0.4, 0.5) is 0 Å². The molecule has 0 bridgehead atoms. The summed E-state index contributed by atoms with van der Waals surface area (Å²) in [6.07, 6.45) is 8.81. The van der Waals surface area contributed by atoms with E-state index in [0.717, 1.165) is 52.3 Å². The molecule has 12 nitrogen and oxygen atoms in total. The molecule has 4 heterocycles. The van der Waals surface area contributed by atoms with E-state index < -0.39 is 6.04 Å². The van der Waals surface area contributed by atoms with Crippen LogP contribution in [0, 0.1) is 0 Å². The van der Waals surface area contributed by atoms with E-state index in [1.807, 2.05) is 141 Å². The van der Waals surface area contributed by atoms with Crippen LogP contribution in [0.1, 0.15) is 66.7 Å². The van der Waals surface area contributed by atoms with Gasteiger partial charge in [0.2, 0.25) is 11.8 Å². The maximum atomic E-state index is 13.9. The van der Waals surface area contributed by atoms with Gasteiger partial charge in [0.05, 0.1) is 54.0 Å². The minimum atomic E-state index is -0.422. The zero-order valence-corrected chi connectivity index (χ0v) is 31.3. The van der Waals surface area contributed by atoms with Crippen molar-refractivity contribution in [1.82, 2.24) is 49.9 Å². The first-order valence-electron chi connectivity index (χ1n) is 18.2. The molecule has 0 radical (unpaired) electrons. The zero-order valence-electron chi connectivity index (χ0n) is 31.3. The lowest BCUT2D eigenvalue weighted by Crippen LogP contribution is -2.40. The van der Waals surface area contributed by atoms with Gasteiger partial charge in [-0.15, -0.1) is 0 Å². The predicted molar refractivity (Wildman–Crippen MR) is 209 cm³/mol. The van der Waals surface area contributed by atoms with Gasteiger partial charge in [-0.25, -0.2) is 9.97 Å². The molecule has 1 saturated heterocycles. The summed E-state index contributed by atoms with van der Waals surface area (Å²) in [5.74, 6) is 1.41. The molecule has 54 heavy (non-hydrogen) atoms. The van der Waals surface area contributed by atoms with Gasteiger partial charge < -0.3 is 20.2 Å². The summed E-state index contributed by atoms with van der Waals surface area (Å²) < 4.78 is 0. The average Bonchev–Trinajstić information content (AvgIpc) is 3.98. The highest BCUT2D eigenvalue weighted by molar-refractivity contribution is 5.84. The van der Waals surface area contributed by atoms with E-state index in [1.165, 1.54) is 0 Å². The first-order chi connectivity index (χ1) is 26.2. The van der Waals surface area contributed by atoms with E-state index in [0.29, 0.717) is 23.8 Å². The molecule has 3 aromatic heterocycles. The number of amides is 2. The molecule has 1 fully saturated rings. The Hall–Kier alpha value is -5.98. The number of benzene rings is 3. The third-order valence-electron chi connectivity index (χ3n) is 9.98. The van der Waals surface area contributed by atoms with E-state index in [-0.39, 0.29) is 29.9 Å². The molecule has 1 aliphatic heterocycles. The number of likely N-dealkylation sites (N-methyl/N-ethyl adjacent to an activating group) is 2. The number of rotatable bonds is 12. The minimum absolute atomic E-state index is 0.0898. The topological polar surface area (TPSA) is 139 Å². The lowest BCUT2D eigenvalue weighted by molar-refractivity contribution is -0.137. The minimum Gasteiger partial charge on any atom is -0.345 e. The van der Waals surface area contributed by atoms with Gasteiger partial charge in [0.25, 0.3) is 0 Å². The summed E-state index contributed by atoms with van der Waals surface area (Å²) in [6.45, 7) is 2.61. The van der Waals surface area contributed by atoms with Crippen molar-refractivity contribution in [3.63, 3.8) is 0 Å². The molecule has 1 aliphatic rings. The summed E-state index contributed by atoms with van der Waals surface area (Å²) in [5.41, 5.74) is 6.81. The zero-order chi connectivity index (χ0) is 37.8. The van der Waals surface area contributed by atoms with Crippen molar-refractivity contribution in [2.75, 3.05) is 34.7 Å². The Morgan fingerprint density at radius 1 is 0.704 bits per heavy atom. The van der Waals surface area contributed by atoms with Crippen LogP contribution in [0.2, 0.25) is 0 Å². The number of imidazole rings is 2. The molecule has 3 aromatic carbocycles. The van der Waals surface area contributed by atoms with Crippen LogP contribution in [-0.2, 0) is 9.59 Å². The van der Waals surface area contributed by atoms with Crippen molar-refractivity contribution >= 4 is 11.8 Å². The SMILES string of the molecule is CC(NC(=O)C(c1ccccc1)N(C)C)c1ncc(-c2cnc(-c3ccc(-c4cnc([C@@H]5CCCN5C(=O)C(c5ccccc5)N(C)C)[nH]4)cc3)cn2)[nH]1. The van der Waals surface area contributed by atoms with Gasteiger partial charge in [-0.2, -0.15) is 0 Å². The van der Waals surface area contributed by atoms with E-state index in [4.69, 9.17) is 4.98 Å². The Kier molecular flexibility index (Phi) is 10.7. The van der Waals surface area contributed by atoms with Crippen molar-refractivity contribution in [1.29, 1.82) is 0 Å². The molecule has 276 valence electrons. The van der Waals surface area contributed by atoms with Gasteiger partial charge in [-0.3, -0.25) is 29.4 Å². The van der Waals surface area contributed by atoms with Gasteiger partial charge in [-0.05, 0) is 64.6 Å². The number of likely N-dealkylation sites (tertiary alicyclic amines) is 1. The van der Waals surface area contributed by atoms with Gasteiger partial charge in [-0.1, -0.05) is 84.9 Å². The molecule has 12 heteroatoms. The monoisotopic (exact) mass is 722 g/mol. The highest BCUT2D eigenvalue weighted by Gasteiger charge is 2.37. The average molecular weight is 723 g/mol. The van der Waals surface area contributed by atoms with Gasteiger partial charge >= 0.3 is 0 Å². The van der Waals surface area contributed by atoms with Crippen LogP contribution in [0.3, 0.4) is 0 Å². The number of aromatic nitrogens is 6. The standard InChI is InChI=1S/C42H46N10O2/c1-27(47-41(53)37(50(2)3)30-13-8-6-9-14-30)39-45-26-35(49-39)34-25-43-32(23-44-34)28-18-20-29(21-19-28)33-24-46-40(48-33)36-17-12-22-52(36)42(54)38(51(4)5)31-15-10-7-11-16-31/h6-11,13-16,18-21,23-27,36-38H,12,17,22H2,1-5H3,(H,45,49)(H,46,48)(H,47,53)/t27?,36-,37?,38?/m0/s1. The molecule has 7 rings (SSSR count). The van der Waals surface area contributed by atoms with Gasteiger partial charge in [0, 0.05) is 12.1 Å². The maximum absolute atomic E-state index is 13.9. The number of nitrogens with one attached hydrogen (secondary N) is 3. The first kappa shape index (κ1) is 36.4. The number of hydrogen-bond acceptors (Lipinski definition) is 8. The van der Waals surface area contributed by atoms with Crippen molar-refractivity contribution in [2.24, 2.45) is 0 Å². The van der Waals surface area contributed by atoms with Crippen LogP contribution in [0.5, 0.6) is 0 Å². The Morgan fingerprint density at radius 2 is 1.30 bits per heavy atom. The summed E-state index contributed by atoms with van der Waals surface area (Å²) in [6, 6.07) is 26.5. The molecule has 6 aromatic rings. The summed E-state index contributed by atoms with van der Waals surface area (Å²) in [4.78, 5) is 58.4. The van der Waals surface area contributed by atoms with E-state index >= 15 is 0 Å². The maximum Gasteiger partial charge on any atom is 0.245 e. The molecule has 4 atom stereocenters. The highest BCUT2D eigenvalue weighted by atomic mass is 16.2. The second-order valence-electron chi connectivity index (χ2n) is 14.2. The molecule has 2 amide bonds. The molecular formula is C42H46N10O2. The van der Waals surface area contributed by atoms with Crippen LogP contribution >= 0.6 is 0 Å². The lowest BCUT2D eigenvalue weighted by atomic mass is 10.0. The summed E-state index contributed by atoms with van der Waals surface area (Å²) in [7, 11) is 7.68. The van der Waals surface area contributed by atoms with Crippen molar-refractivity contribution in [2.45, 2.75) is 43.9 Å². The summed E-state index contributed by atoms with van der Waals surface area (Å²) in [5, 5.41) is 3.09. The van der Waals surface area contributed by atoms with Crippen molar-refractivity contribution in [3.05, 3.63) is 132 Å². The van der Waals surface area contributed by atoms with Crippen molar-refractivity contribution in [3.8, 4) is 33.9 Å². The molecular weight excluding hydrogens is 677 g/mol. The summed E-state index contributed by atoms with van der Waals surface area (Å²) >= 11 is 0. The van der Waals surface area contributed by atoms with Crippen LogP contribution < -0.4 is 5.32 Å². The predicted octanol–water partition coefficient (Wildman–Crippen LogP) is 6.37. The third kappa shape index (κ3) is 7.71. The largest absolute Gasteiger partial charge is 0.345 e. The fourth-order valence-electron chi connectivity index (χ4n) is 7.23. The number of carbonyl (C=O) groups excluding carboxylic acids is 2. The normalized spacial score (nSPS) is 16.1. The van der Waals surface area contributed by atoms with Crippen molar-refractivity contribution < 1.29 is 9.59 Å². The number of H-pyrrole nitrogens is 2. The van der Waals surface area contributed by atoms with Crippen LogP contribution in [-0.4, -0.2) is 91.2 Å². The Bertz CT molecular complexity index is 2160. The molecule has 3 unspecified atom stereocenters. The lowest BCUT2D eigenvalue weighted by Gasteiger charge is -2.31. The second-order valence-corrected chi connectivity index (χ2v) is 14.2. The number of aromatic amines is 2. The van der Waals surface area contributed by atoms with Crippen LogP contribution in [0.15, 0.2) is 110 Å². The smallest absolute Gasteiger partial charge is 0.245 e. The van der Waals surface area contributed by atoms with E-state index in [1.54, 1.807) is 18.6 Å². The second kappa shape index (κ2) is 15.9. The highest BCUT2D eigenvalue weighted by Crippen LogP contribution is 2.35. The Balaban J connectivity index is 0.992. The van der Waals surface area contributed by atoms with Gasteiger partial charge in [0.1, 0.15) is 29.4 Å². The van der Waals surface area contributed by atoms with Gasteiger partial charge in [0.15, 0.2) is 0 Å². The quantitative estimate of drug-likeness (QED) is 0.133. The fraction of sp³-hybridized carbons (Fsp3) is 0.286. The first-order valence-corrected chi connectivity index (χ1v) is 18.2. The number of nitrogens with zero attached hydrogens (tertiary/aromatic N) is 7. The van der Waals surface area contributed by atoms with Crippen LogP contribution in [0.25, 0.3) is 33.9 Å². The number of carbonyl (C=O) groups is 2. The molecule has 0 saturated carbocycles. The Morgan fingerprint density at radius 3 is 1.93 bits per heavy atom. The fourth-order valence-corrected chi connectivity index (χ4v) is 7.23. The molecule has 0 aliphatic carbocycles. The van der Waals surface area contributed by atoms with E-state index in [9.17, 15) is 9.59 Å². The number of hydrogen-bond donors (Lipinski definition) is 3.